The van der Waals surface area contributed by atoms with Crippen molar-refractivity contribution in [3.05, 3.63) is 82.6 Å². The summed E-state index contributed by atoms with van der Waals surface area (Å²) >= 11 is 1.70. The minimum Gasteiger partial charge on any atom is -0.339 e. The number of rotatable bonds is 8. The van der Waals surface area contributed by atoms with Gasteiger partial charge in [0.25, 0.3) is 5.91 Å². The van der Waals surface area contributed by atoms with E-state index in [2.05, 4.69) is 16.7 Å². The third-order valence-corrected chi connectivity index (χ3v) is 6.93. The van der Waals surface area contributed by atoms with Gasteiger partial charge in [-0.25, -0.2) is 0 Å². The Morgan fingerprint density at radius 3 is 2.38 bits per heavy atom. The van der Waals surface area contributed by atoms with E-state index in [1.165, 1.54) is 4.88 Å². The Morgan fingerprint density at radius 2 is 1.65 bits per heavy atom. The lowest BCUT2D eigenvalue weighted by atomic mass is 9.95. The van der Waals surface area contributed by atoms with E-state index in [9.17, 15) is 14.4 Å². The van der Waals surface area contributed by atoms with Gasteiger partial charge in [-0.3, -0.25) is 14.4 Å². The summed E-state index contributed by atoms with van der Waals surface area (Å²) in [5.41, 5.74) is 1.96. The maximum atomic E-state index is 13.0. The SMILES string of the molecule is O=C(CCCc1cccs1)Nc1cccc(C(=O)N2CCC(C(=O)Nc3ccccc3)CC2)c1. The molecule has 3 amide bonds. The van der Waals surface area contributed by atoms with Gasteiger partial charge in [0.2, 0.25) is 11.8 Å². The van der Waals surface area contributed by atoms with Crippen LogP contribution in [0.4, 0.5) is 11.4 Å². The van der Waals surface area contributed by atoms with Crippen molar-refractivity contribution in [3.8, 4) is 0 Å². The molecule has 1 aliphatic heterocycles. The molecule has 0 bridgehead atoms. The number of nitrogens with zero attached hydrogens (tertiary/aromatic N) is 1. The van der Waals surface area contributed by atoms with Crippen molar-refractivity contribution < 1.29 is 14.4 Å². The van der Waals surface area contributed by atoms with Gasteiger partial charge in [0.1, 0.15) is 0 Å². The van der Waals surface area contributed by atoms with E-state index >= 15 is 0 Å². The van der Waals surface area contributed by atoms with E-state index in [4.69, 9.17) is 0 Å². The van der Waals surface area contributed by atoms with Gasteiger partial charge < -0.3 is 15.5 Å². The third-order valence-electron chi connectivity index (χ3n) is 5.99. The highest BCUT2D eigenvalue weighted by Gasteiger charge is 2.28. The van der Waals surface area contributed by atoms with Gasteiger partial charge in [0.15, 0.2) is 0 Å². The van der Waals surface area contributed by atoms with E-state index in [1.807, 2.05) is 41.8 Å². The van der Waals surface area contributed by atoms with Crippen molar-refractivity contribution in [2.45, 2.75) is 32.1 Å². The van der Waals surface area contributed by atoms with Gasteiger partial charge in [0, 0.05) is 47.2 Å². The zero-order valence-electron chi connectivity index (χ0n) is 19.0. The summed E-state index contributed by atoms with van der Waals surface area (Å²) in [4.78, 5) is 41.0. The molecule has 7 heteroatoms. The van der Waals surface area contributed by atoms with Crippen molar-refractivity contribution >= 4 is 40.4 Å². The van der Waals surface area contributed by atoms with Gasteiger partial charge in [-0.05, 0) is 67.5 Å². The van der Waals surface area contributed by atoms with E-state index in [0.717, 1.165) is 18.5 Å². The summed E-state index contributed by atoms with van der Waals surface area (Å²) in [6, 6.07) is 20.6. The standard InChI is InChI=1S/C27H29N3O3S/c31-25(13-5-11-24-12-6-18-34-24)28-23-10-4-7-21(19-23)27(33)30-16-14-20(15-17-30)26(32)29-22-8-2-1-3-9-22/h1-4,6-10,12,18-20H,5,11,13-17H2,(H,28,31)(H,29,32). The Bertz CT molecular complexity index is 1110. The van der Waals surface area contributed by atoms with Crippen LogP contribution in [0.5, 0.6) is 0 Å². The topological polar surface area (TPSA) is 78.5 Å². The Balaban J connectivity index is 1.25. The molecular formula is C27H29N3O3S. The monoisotopic (exact) mass is 475 g/mol. The van der Waals surface area contributed by atoms with Crippen LogP contribution < -0.4 is 10.6 Å². The summed E-state index contributed by atoms with van der Waals surface area (Å²) in [5.74, 6) is -0.228. The van der Waals surface area contributed by atoms with E-state index in [-0.39, 0.29) is 23.6 Å². The highest BCUT2D eigenvalue weighted by atomic mass is 32.1. The molecule has 4 rings (SSSR count). The second kappa shape index (κ2) is 11.6. The second-order valence-corrected chi connectivity index (χ2v) is 9.52. The van der Waals surface area contributed by atoms with Gasteiger partial charge in [-0.15, -0.1) is 11.3 Å². The number of thiophene rings is 1. The minimum absolute atomic E-state index is 0.00193. The molecule has 0 spiro atoms. The summed E-state index contributed by atoms with van der Waals surface area (Å²) in [5, 5.41) is 7.90. The molecule has 2 heterocycles. The Morgan fingerprint density at radius 1 is 0.882 bits per heavy atom. The molecule has 34 heavy (non-hydrogen) atoms. The van der Waals surface area contributed by atoms with Crippen LogP contribution in [0.15, 0.2) is 72.1 Å². The Kier molecular flexibility index (Phi) is 8.09. The Hall–Kier alpha value is -3.45. The van der Waals surface area contributed by atoms with Gasteiger partial charge in [-0.2, -0.15) is 0 Å². The predicted octanol–water partition coefficient (Wildman–Crippen LogP) is 5.20. The number of piperidine rings is 1. The van der Waals surface area contributed by atoms with E-state index in [0.29, 0.717) is 43.6 Å². The van der Waals surface area contributed by atoms with Crippen molar-refractivity contribution in [3.63, 3.8) is 0 Å². The average Bonchev–Trinajstić information content (AvgIpc) is 3.38. The number of hydrogen-bond donors (Lipinski definition) is 2. The highest BCUT2D eigenvalue weighted by Crippen LogP contribution is 2.22. The number of carbonyl (C=O) groups is 3. The molecule has 0 unspecified atom stereocenters. The van der Waals surface area contributed by atoms with Crippen LogP contribution in [0.1, 0.15) is 40.9 Å². The van der Waals surface area contributed by atoms with Crippen molar-refractivity contribution in [1.82, 2.24) is 4.90 Å². The molecular weight excluding hydrogens is 446 g/mol. The quantitative estimate of drug-likeness (QED) is 0.470. The van der Waals surface area contributed by atoms with Crippen LogP contribution in [0.2, 0.25) is 0 Å². The van der Waals surface area contributed by atoms with Crippen LogP contribution in [0.3, 0.4) is 0 Å². The maximum absolute atomic E-state index is 13.0. The lowest BCUT2D eigenvalue weighted by molar-refractivity contribution is -0.121. The Labute approximate surface area is 204 Å². The fourth-order valence-electron chi connectivity index (χ4n) is 4.12. The largest absolute Gasteiger partial charge is 0.339 e. The normalized spacial score (nSPS) is 13.9. The van der Waals surface area contributed by atoms with Crippen molar-refractivity contribution in [2.24, 2.45) is 5.92 Å². The molecule has 176 valence electrons. The van der Waals surface area contributed by atoms with Crippen LogP contribution in [-0.2, 0) is 16.0 Å². The first-order valence-corrected chi connectivity index (χ1v) is 12.5. The van der Waals surface area contributed by atoms with Crippen molar-refractivity contribution in [1.29, 1.82) is 0 Å². The maximum Gasteiger partial charge on any atom is 0.253 e. The van der Waals surface area contributed by atoms with Gasteiger partial charge in [0.05, 0.1) is 0 Å². The third kappa shape index (κ3) is 6.54. The fraction of sp³-hybridized carbons (Fsp3) is 0.296. The first kappa shape index (κ1) is 23.7. The number of aryl methyl sites for hydroxylation is 1. The number of nitrogens with one attached hydrogen (secondary N) is 2. The number of para-hydroxylation sites is 1. The van der Waals surface area contributed by atoms with Crippen LogP contribution in [0.25, 0.3) is 0 Å². The second-order valence-electron chi connectivity index (χ2n) is 8.48. The molecule has 0 atom stereocenters. The zero-order valence-corrected chi connectivity index (χ0v) is 19.9. The molecule has 1 aliphatic rings. The first-order chi connectivity index (χ1) is 16.6. The highest BCUT2D eigenvalue weighted by molar-refractivity contribution is 7.09. The van der Waals surface area contributed by atoms with Crippen LogP contribution in [-0.4, -0.2) is 35.7 Å². The zero-order chi connectivity index (χ0) is 23.8. The molecule has 0 radical (unpaired) electrons. The summed E-state index contributed by atoms with van der Waals surface area (Å²) < 4.78 is 0. The van der Waals surface area contributed by atoms with Gasteiger partial charge >= 0.3 is 0 Å². The molecule has 1 fully saturated rings. The number of hydrogen-bond acceptors (Lipinski definition) is 4. The summed E-state index contributed by atoms with van der Waals surface area (Å²) in [6.45, 7) is 1.07. The molecule has 0 saturated carbocycles. The fourth-order valence-corrected chi connectivity index (χ4v) is 4.88. The molecule has 1 saturated heterocycles. The number of amides is 3. The number of carbonyl (C=O) groups excluding carboxylic acids is 3. The van der Waals surface area contributed by atoms with Gasteiger partial charge in [-0.1, -0.05) is 30.3 Å². The van der Waals surface area contributed by atoms with E-state index < -0.39 is 0 Å². The molecule has 6 nitrogen and oxygen atoms in total. The van der Waals surface area contributed by atoms with E-state index in [1.54, 1.807) is 40.5 Å². The van der Waals surface area contributed by atoms with Crippen molar-refractivity contribution in [2.75, 3.05) is 23.7 Å². The minimum atomic E-state index is -0.107. The molecule has 1 aromatic heterocycles. The molecule has 3 aromatic rings. The summed E-state index contributed by atoms with van der Waals surface area (Å²) in [6.07, 6.45) is 3.38. The molecule has 2 aromatic carbocycles. The lowest BCUT2D eigenvalue weighted by Gasteiger charge is -2.31. The summed E-state index contributed by atoms with van der Waals surface area (Å²) in [7, 11) is 0. The molecule has 0 aliphatic carbocycles. The molecule has 2 N–H and O–H groups in total. The smallest absolute Gasteiger partial charge is 0.253 e. The number of benzene rings is 2. The van der Waals surface area contributed by atoms with Crippen LogP contribution in [0, 0.1) is 5.92 Å². The average molecular weight is 476 g/mol. The lowest BCUT2D eigenvalue weighted by Crippen LogP contribution is -2.41. The predicted molar refractivity (Wildman–Crippen MR) is 136 cm³/mol. The number of likely N-dealkylation sites (tertiary alicyclic amines) is 1. The number of anilines is 2. The van der Waals surface area contributed by atoms with Crippen LogP contribution >= 0.6 is 11.3 Å². The first-order valence-electron chi connectivity index (χ1n) is 11.7.